The summed E-state index contributed by atoms with van der Waals surface area (Å²) in [4.78, 5) is 13.6. The molecule has 1 amide bonds. The van der Waals surface area contributed by atoms with Crippen molar-refractivity contribution in [3.05, 3.63) is 23.8 Å². The molecule has 0 N–H and O–H groups in total. The number of halogens is 1. The molecule has 2 saturated heterocycles. The Bertz CT molecular complexity index is 893. The van der Waals surface area contributed by atoms with Crippen LogP contribution in [-0.2, 0) is 14.0 Å². The summed E-state index contributed by atoms with van der Waals surface area (Å²) in [5, 5.41) is 9.63. The van der Waals surface area contributed by atoms with E-state index in [9.17, 15) is 14.4 Å². The standard InChI is InChI=1S/C23H32BFN2O5/c1-21(2,3)30-20(28)27-11-10-19(17(25)14-27)29-18-9-8-16(12-15(18)13-26)24-31-22(4,5)23(6,7)32-24/h8-9,12,17,19H,10-11,14H2,1-7H3. The van der Waals surface area contributed by atoms with E-state index >= 15 is 0 Å². The van der Waals surface area contributed by atoms with Gasteiger partial charge < -0.3 is 23.7 Å². The van der Waals surface area contributed by atoms with Gasteiger partial charge in [0.05, 0.1) is 23.3 Å². The first-order chi connectivity index (χ1) is 14.7. The van der Waals surface area contributed by atoms with Crippen molar-refractivity contribution in [2.45, 2.75) is 84.0 Å². The summed E-state index contributed by atoms with van der Waals surface area (Å²) in [6.07, 6.45) is -2.40. The molecule has 1 aromatic rings. The summed E-state index contributed by atoms with van der Waals surface area (Å²) in [6.45, 7) is 13.3. The van der Waals surface area contributed by atoms with Crippen molar-refractivity contribution in [2.24, 2.45) is 0 Å². The molecule has 3 rings (SSSR count). The van der Waals surface area contributed by atoms with Gasteiger partial charge in [-0.2, -0.15) is 5.26 Å². The number of carbonyl (C=O) groups excluding carboxylic acids is 1. The first kappa shape index (κ1) is 24.3. The molecule has 0 aromatic heterocycles. The van der Waals surface area contributed by atoms with Crippen LogP contribution in [0.1, 0.15) is 60.5 Å². The predicted octanol–water partition coefficient (Wildman–Crippen LogP) is 3.58. The fourth-order valence-corrected chi connectivity index (χ4v) is 3.53. The zero-order valence-electron chi connectivity index (χ0n) is 19.9. The van der Waals surface area contributed by atoms with Gasteiger partial charge in [0.15, 0.2) is 6.17 Å². The monoisotopic (exact) mass is 446 g/mol. The first-order valence-corrected chi connectivity index (χ1v) is 10.9. The fourth-order valence-electron chi connectivity index (χ4n) is 3.53. The molecule has 174 valence electrons. The van der Waals surface area contributed by atoms with Crippen LogP contribution in [0.4, 0.5) is 9.18 Å². The summed E-state index contributed by atoms with van der Waals surface area (Å²) in [6, 6.07) is 7.18. The third kappa shape index (κ3) is 5.19. The molecule has 7 nitrogen and oxygen atoms in total. The molecule has 9 heteroatoms. The van der Waals surface area contributed by atoms with Gasteiger partial charge in [-0.25, -0.2) is 9.18 Å². The lowest BCUT2D eigenvalue weighted by molar-refractivity contribution is -0.0105. The van der Waals surface area contributed by atoms with E-state index in [0.29, 0.717) is 24.2 Å². The van der Waals surface area contributed by atoms with E-state index in [-0.39, 0.29) is 12.1 Å². The molecule has 2 unspecified atom stereocenters. The van der Waals surface area contributed by atoms with Gasteiger partial charge in [-0.3, -0.25) is 0 Å². The highest BCUT2D eigenvalue weighted by Gasteiger charge is 2.51. The van der Waals surface area contributed by atoms with Gasteiger partial charge in [-0.05, 0) is 66.1 Å². The molecule has 2 heterocycles. The van der Waals surface area contributed by atoms with Gasteiger partial charge in [0, 0.05) is 13.0 Å². The largest absolute Gasteiger partial charge is 0.494 e. The Hall–Kier alpha value is -2.31. The Balaban J connectivity index is 1.67. The lowest BCUT2D eigenvalue weighted by atomic mass is 9.78. The number of carbonyl (C=O) groups is 1. The maximum atomic E-state index is 14.8. The van der Waals surface area contributed by atoms with Gasteiger partial charge in [0.25, 0.3) is 0 Å². The molecule has 32 heavy (non-hydrogen) atoms. The van der Waals surface area contributed by atoms with Gasteiger partial charge in [0.1, 0.15) is 23.5 Å². The lowest BCUT2D eigenvalue weighted by Crippen LogP contribution is -2.50. The summed E-state index contributed by atoms with van der Waals surface area (Å²) in [5.41, 5.74) is -0.661. The summed E-state index contributed by atoms with van der Waals surface area (Å²) in [7, 11) is -0.604. The lowest BCUT2D eigenvalue weighted by Gasteiger charge is -2.35. The summed E-state index contributed by atoms with van der Waals surface area (Å²) < 4.78 is 38.1. The van der Waals surface area contributed by atoms with Crippen LogP contribution in [0.25, 0.3) is 0 Å². The predicted molar refractivity (Wildman–Crippen MR) is 119 cm³/mol. The van der Waals surface area contributed by atoms with E-state index in [4.69, 9.17) is 18.8 Å². The molecule has 0 saturated carbocycles. The maximum Gasteiger partial charge on any atom is 0.494 e. The van der Waals surface area contributed by atoms with E-state index in [2.05, 4.69) is 6.07 Å². The van der Waals surface area contributed by atoms with Crippen LogP contribution in [0.5, 0.6) is 5.75 Å². The fraction of sp³-hybridized carbons (Fsp3) is 0.652. The number of rotatable bonds is 3. The van der Waals surface area contributed by atoms with Crippen molar-refractivity contribution in [1.29, 1.82) is 5.26 Å². The van der Waals surface area contributed by atoms with E-state index in [0.717, 1.165) is 0 Å². The van der Waals surface area contributed by atoms with Crippen LogP contribution < -0.4 is 10.2 Å². The molecule has 0 aliphatic carbocycles. The topological polar surface area (TPSA) is 81.0 Å². The van der Waals surface area contributed by atoms with Crippen molar-refractivity contribution >= 4 is 18.7 Å². The highest BCUT2D eigenvalue weighted by Crippen LogP contribution is 2.36. The number of nitrogens with zero attached hydrogens (tertiary/aromatic N) is 2. The highest BCUT2D eigenvalue weighted by molar-refractivity contribution is 6.62. The van der Waals surface area contributed by atoms with Crippen molar-refractivity contribution < 1.29 is 28.0 Å². The van der Waals surface area contributed by atoms with Crippen molar-refractivity contribution in [1.82, 2.24) is 4.90 Å². The zero-order valence-corrected chi connectivity index (χ0v) is 19.9. The van der Waals surface area contributed by atoms with Gasteiger partial charge >= 0.3 is 13.2 Å². The van der Waals surface area contributed by atoms with Gasteiger partial charge in [0.2, 0.25) is 0 Å². The highest BCUT2D eigenvalue weighted by atomic mass is 19.1. The van der Waals surface area contributed by atoms with Crippen LogP contribution in [-0.4, -0.2) is 60.3 Å². The number of likely N-dealkylation sites (tertiary alicyclic amines) is 1. The van der Waals surface area contributed by atoms with Crippen LogP contribution in [0, 0.1) is 11.3 Å². The first-order valence-electron chi connectivity index (χ1n) is 10.9. The SMILES string of the molecule is CC(C)(C)OC(=O)N1CCC(Oc2ccc(B3OC(C)(C)C(C)(C)O3)cc2C#N)C(F)C1. The number of ether oxygens (including phenoxy) is 2. The number of amides is 1. The molecule has 2 atom stereocenters. The second-order valence-electron chi connectivity index (χ2n) is 10.3. The quantitative estimate of drug-likeness (QED) is 0.661. The molecule has 0 bridgehead atoms. The number of piperidine rings is 1. The second-order valence-corrected chi connectivity index (χ2v) is 10.3. The molecular formula is C23H32BFN2O5. The molecule has 2 fully saturated rings. The number of alkyl halides is 1. The number of hydrogen-bond donors (Lipinski definition) is 0. The Morgan fingerprint density at radius 1 is 1.25 bits per heavy atom. The van der Waals surface area contributed by atoms with Crippen LogP contribution in [0.15, 0.2) is 18.2 Å². The third-order valence-electron chi connectivity index (χ3n) is 6.06. The Labute approximate surface area is 189 Å². The Kier molecular flexibility index (Phi) is 6.51. The molecule has 2 aliphatic heterocycles. The number of benzene rings is 1. The smallest absolute Gasteiger partial charge is 0.486 e. The zero-order chi connectivity index (χ0) is 23.9. The van der Waals surface area contributed by atoms with Crippen LogP contribution in [0.2, 0.25) is 0 Å². The van der Waals surface area contributed by atoms with Crippen molar-refractivity contribution in [3.63, 3.8) is 0 Å². The number of hydrogen-bond acceptors (Lipinski definition) is 6. The van der Waals surface area contributed by atoms with Gasteiger partial charge in [-0.15, -0.1) is 0 Å². The summed E-state index contributed by atoms with van der Waals surface area (Å²) in [5.74, 6) is 0.297. The molecule has 0 spiro atoms. The van der Waals surface area contributed by atoms with Crippen LogP contribution >= 0.6 is 0 Å². The minimum atomic E-state index is -1.40. The molecular weight excluding hydrogens is 414 g/mol. The van der Waals surface area contributed by atoms with E-state index in [1.165, 1.54) is 4.90 Å². The second kappa shape index (κ2) is 8.56. The normalized spacial score (nSPS) is 24.7. The molecule has 1 aromatic carbocycles. The Morgan fingerprint density at radius 3 is 2.41 bits per heavy atom. The number of nitriles is 1. The Morgan fingerprint density at radius 2 is 1.88 bits per heavy atom. The molecule has 2 aliphatic rings. The minimum absolute atomic E-state index is 0.118. The average molecular weight is 446 g/mol. The minimum Gasteiger partial charge on any atom is -0.486 e. The van der Waals surface area contributed by atoms with Gasteiger partial charge in [-0.1, -0.05) is 6.07 Å². The van der Waals surface area contributed by atoms with E-state index in [1.54, 1.807) is 39.0 Å². The maximum absolute atomic E-state index is 14.8. The van der Waals surface area contributed by atoms with E-state index < -0.39 is 42.3 Å². The van der Waals surface area contributed by atoms with Crippen molar-refractivity contribution in [2.75, 3.05) is 13.1 Å². The molecule has 0 radical (unpaired) electrons. The third-order valence-corrected chi connectivity index (χ3v) is 6.06. The van der Waals surface area contributed by atoms with E-state index in [1.807, 2.05) is 27.7 Å². The summed E-state index contributed by atoms with van der Waals surface area (Å²) >= 11 is 0. The van der Waals surface area contributed by atoms with Crippen molar-refractivity contribution in [3.8, 4) is 11.8 Å². The van der Waals surface area contributed by atoms with Crippen LogP contribution in [0.3, 0.4) is 0 Å². The average Bonchev–Trinajstić information content (AvgIpc) is 2.89.